The molecule has 4 nitrogen and oxygen atoms in total. The van der Waals surface area contributed by atoms with Gasteiger partial charge in [-0.25, -0.2) is 8.42 Å². The molecule has 0 aliphatic carbocycles. The van der Waals surface area contributed by atoms with Crippen LogP contribution in [0.4, 0.5) is 0 Å². The van der Waals surface area contributed by atoms with Crippen LogP contribution >= 0.6 is 28.3 Å². The summed E-state index contributed by atoms with van der Waals surface area (Å²) >= 11 is 3.32. The fourth-order valence-corrected chi connectivity index (χ4v) is 4.85. The van der Waals surface area contributed by atoms with Gasteiger partial charge < -0.3 is 5.73 Å². The molecule has 0 bridgehead atoms. The molecule has 1 aromatic rings. The quantitative estimate of drug-likeness (QED) is 0.869. The van der Waals surface area contributed by atoms with Gasteiger partial charge in [0.2, 0.25) is 10.0 Å². The third-order valence-electron chi connectivity index (χ3n) is 3.48. The SMILES string of the molecule is Cl.NCCC1CCCCN1S(=O)(=O)c1cccc(Br)c1. The first kappa shape index (κ1) is 17.9. The van der Waals surface area contributed by atoms with Crippen LogP contribution in [0.2, 0.25) is 0 Å². The molecule has 7 heteroatoms. The summed E-state index contributed by atoms with van der Waals surface area (Å²) in [5.41, 5.74) is 5.60. The molecule has 0 amide bonds. The third-order valence-corrected chi connectivity index (χ3v) is 5.92. The average Bonchev–Trinajstić information content (AvgIpc) is 2.39. The van der Waals surface area contributed by atoms with Crippen LogP contribution in [0, 0.1) is 0 Å². The maximum atomic E-state index is 12.7. The number of rotatable bonds is 4. The summed E-state index contributed by atoms with van der Waals surface area (Å²) in [7, 11) is -3.41. The van der Waals surface area contributed by atoms with Gasteiger partial charge in [-0.1, -0.05) is 28.4 Å². The third kappa shape index (κ3) is 3.95. The molecule has 114 valence electrons. The lowest BCUT2D eigenvalue weighted by molar-refractivity contribution is 0.243. The molecule has 1 aromatic carbocycles. The van der Waals surface area contributed by atoms with Gasteiger partial charge in [0.15, 0.2) is 0 Å². The standard InChI is InChI=1S/C13H19BrN2O2S.ClH/c14-11-4-3-6-13(10-11)19(17,18)16-9-2-1-5-12(16)7-8-15;/h3-4,6,10,12H,1-2,5,7-9,15H2;1H. The van der Waals surface area contributed by atoms with Gasteiger partial charge in [-0.15, -0.1) is 12.4 Å². The van der Waals surface area contributed by atoms with E-state index in [-0.39, 0.29) is 18.4 Å². The molecule has 1 saturated heterocycles. The lowest BCUT2D eigenvalue weighted by Crippen LogP contribution is -2.44. The topological polar surface area (TPSA) is 63.4 Å². The average molecular weight is 384 g/mol. The number of piperidine rings is 1. The van der Waals surface area contributed by atoms with Crippen molar-refractivity contribution in [2.75, 3.05) is 13.1 Å². The van der Waals surface area contributed by atoms with Gasteiger partial charge in [-0.3, -0.25) is 0 Å². The Labute approximate surface area is 135 Å². The van der Waals surface area contributed by atoms with E-state index >= 15 is 0 Å². The molecule has 1 aliphatic heterocycles. The van der Waals surface area contributed by atoms with Gasteiger partial charge in [-0.05, 0) is 44.0 Å². The monoisotopic (exact) mass is 382 g/mol. The fourth-order valence-electron chi connectivity index (χ4n) is 2.53. The molecule has 0 radical (unpaired) electrons. The minimum atomic E-state index is -3.41. The normalized spacial score (nSPS) is 20.4. The zero-order chi connectivity index (χ0) is 13.9. The lowest BCUT2D eigenvalue weighted by Gasteiger charge is -2.34. The highest BCUT2D eigenvalue weighted by Crippen LogP contribution is 2.27. The molecule has 0 spiro atoms. The van der Waals surface area contributed by atoms with Crippen LogP contribution in [0.5, 0.6) is 0 Å². The lowest BCUT2D eigenvalue weighted by atomic mass is 10.0. The van der Waals surface area contributed by atoms with E-state index in [2.05, 4.69) is 15.9 Å². The summed E-state index contributed by atoms with van der Waals surface area (Å²) in [6.07, 6.45) is 3.64. The molecule has 2 rings (SSSR count). The number of benzene rings is 1. The van der Waals surface area contributed by atoms with Gasteiger partial charge in [0, 0.05) is 17.1 Å². The number of hydrogen-bond donors (Lipinski definition) is 1. The van der Waals surface area contributed by atoms with Crippen LogP contribution in [0.3, 0.4) is 0 Å². The first-order valence-corrected chi connectivity index (χ1v) is 8.76. The molecule has 20 heavy (non-hydrogen) atoms. The molecule has 1 fully saturated rings. The van der Waals surface area contributed by atoms with Crippen molar-refractivity contribution >= 4 is 38.4 Å². The van der Waals surface area contributed by atoms with E-state index in [9.17, 15) is 8.42 Å². The van der Waals surface area contributed by atoms with Crippen molar-refractivity contribution in [2.24, 2.45) is 5.73 Å². The highest BCUT2D eigenvalue weighted by molar-refractivity contribution is 9.10. The molecular weight excluding hydrogens is 364 g/mol. The van der Waals surface area contributed by atoms with Crippen molar-refractivity contribution < 1.29 is 8.42 Å². The van der Waals surface area contributed by atoms with Crippen molar-refractivity contribution in [3.05, 3.63) is 28.7 Å². The first-order valence-electron chi connectivity index (χ1n) is 6.53. The van der Waals surface area contributed by atoms with Crippen LogP contribution in [-0.4, -0.2) is 31.9 Å². The number of sulfonamides is 1. The second-order valence-electron chi connectivity index (χ2n) is 4.80. The Morgan fingerprint density at radius 2 is 2.10 bits per heavy atom. The van der Waals surface area contributed by atoms with Gasteiger partial charge in [0.1, 0.15) is 0 Å². The maximum Gasteiger partial charge on any atom is 0.243 e. The number of halogens is 2. The highest BCUT2D eigenvalue weighted by atomic mass is 79.9. The molecule has 1 atom stereocenters. The van der Waals surface area contributed by atoms with Gasteiger partial charge in [0.05, 0.1) is 4.90 Å². The van der Waals surface area contributed by atoms with Crippen molar-refractivity contribution in [3.63, 3.8) is 0 Å². The smallest absolute Gasteiger partial charge is 0.243 e. The van der Waals surface area contributed by atoms with Crippen LogP contribution < -0.4 is 5.73 Å². The fraction of sp³-hybridized carbons (Fsp3) is 0.538. The summed E-state index contributed by atoms with van der Waals surface area (Å²) < 4.78 is 27.8. The van der Waals surface area contributed by atoms with E-state index in [0.717, 1.165) is 30.2 Å². The van der Waals surface area contributed by atoms with Crippen LogP contribution in [0.25, 0.3) is 0 Å². The second-order valence-corrected chi connectivity index (χ2v) is 7.61. The predicted octanol–water partition coefficient (Wildman–Crippen LogP) is 2.76. The summed E-state index contributed by atoms with van der Waals surface area (Å²) in [5.74, 6) is 0. The van der Waals surface area contributed by atoms with Crippen molar-refractivity contribution in [3.8, 4) is 0 Å². The maximum absolute atomic E-state index is 12.7. The predicted molar refractivity (Wildman–Crippen MR) is 86.6 cm³/mol. The molecule has 0 saturated carbocycles. The Bertz CT molecular complexity index is 537. The van der Waals surface area contributed by atoms with E-state index in [1.165, 1.54) is 0 Å². The van der Waals surface area contributed by atoms with E-state index in [0.29, 0.717) is 18.0 Å². The Kier molecular flexibility index (Phi) is 6.94. The molecule has 1 heterocycles. The van der Waals surface area contributed by atoms with Crippen LogP contribution in [-0.2, 0) is 10.0 Å². The highest BCUT2D eigenvalue weighted by Gasteiger charge is 2.32. The molecule has 1 aliphatic rings. The Morgan fingerprint density at radius 1 is 1.35 bits per heavy atom. The van der Waals surface area contributed by atoms with Crippen molar-refractivity contribution in [1.29, 1.82) is 0 Å². The van der Waals surface area contributed by atoms with Gasteiger partial charge >= 0.3 is 0 Å². The number of hydrogen-bond acceptors (Lipinski definition) is 3. The minimum Gasteiger partial charge on any atom is -0.330 e. The summed E-state index contributed by atoms with van der Waals surface area (Å²) in [6.45, 7) is 1.12. The first-order chi connectivity index (χ1) is 9.05. The molecular formula is C13H20BrClN2O2S. The van der Waals surface area contributed by atoms with Gasteiger partial charge in [0.25, 0.3) is 0 Å². The Balaban J connectivity index is 0.00000200. The summed E-state index contributed by atoms with van der Waals surface area (Å²) in [4.78, 5) is 0.353. The zero-order valence-electron chi connectivity index (χ0n) is 11.2. The van der Waals surface area contributed by atoms with E-state index in [4.69, 9.17) is 5.73 Å². The van der Waals surface area contributed by atoms with E-state index in [1.54, 1.807) is 22.5 Å². The molecule has 2 N–H and O–H groups in total. The minimum absolute atomic E-state index is 0. The van der Waals surface area contributed by atoms with Gasteiger partial charge in [-0.2, -0.15) is 4.31 Å². The van der Waals surface area contributed by atoms with Crippen LogP contribution in [0.1, 0.15) is 25.7 Å². The van der Waals surface area contributed by atoms with E-state index in [1.807, 2.05) is 6.07 Å². The Hall–Kier alpha value is -0.140. The van der Waals surface area contributed by atoms with Crippen molar-refractivity contribution in [1.82, 2.24) is 4.31 Å². The zero-order valence-corrected chi connectivity index (χ0v) is 14.4. The summed E-state index contributed by atoms with van der Waals surface area (Å²) in [5, 5.41) is 0. The van der Waals surface area contributed by atoms with Crippen LogP contribution in [0.15, 0.2) is 33.6 Å². The Morgan fingerprint density at radius 3 is 2.75 bits per heavy atom. The molecule has 1 unspecified atom stereocenters. The number of nitrogens with zero attached hydrogens (tertiary/aromatic N) is 1. The number of nitrogens with two attached hydrogens (primary N) is 1. The van der Waals surface area contributed by atoms with Crippen molar-refractivity contribution in [2.45, 2.75) is 36.6 Å². The van der Waals surface area contributed by atoms with E-state index < -0.39 is 10.0 Å². The summed E-state index contributed by atoms with van der Waals surface area (Å²) in [6, 6.07) is 6.92. The molecule has 0 aromatic heterocycles. The second kappa shape index (κ2) is 7.75. The largest absolute Gasteiger partial charge is 0.330 e.